The van der Waals surface area contributed by atoms with Gasteiger partial charge in [-0.1, -0.05) is 0 Å². The molecule has 0 aromatic carbocycles. The Morgan fingerprint density at radius 2 is 1.47 bits per heavy atom. The van der Waals surface area contributed by atoms with Crippen LogP contribution in [0.1, 0.15) is 24.7 Å². The Hall–Kier alpha value is -4.31. The highest BCUT2D eigenvalue weighted by Crippen LogP contribution is 2.04. The Bertz CT molecular complexity index is 1040. The number of hydrogen-bond acceptors (Lipinski definition) is 9. The Kier molecular flexibility index (Phi) is 10.1. The molecule has 0 bridgehead atoms. The molecular weight excluding hydrogens is 478 g/mol. The molecule has 11 N–H and O–H groups in total. The quantitative estimate of drug-likeness (QED) is 0.120. The van der Waals surface area contributed by atoms with Crippen LogP contribution in [0.4, 0.5) is 0 Å². The van der Waals surface area contributed by atoms with Gasteiger partial charge >= 0.3 is 5.97 Å². The van der Waals surface area contributed by atoms with Crippen molar-refractivity contribution in [3.63, 3.8) is 0 Å². The van der Waals surface area contributed by atoms with Crippen molar-refractivity contribution in [2.24, 2.45) is 11.5 Å². The standard InChI is InChI=1S/C20H29N9O7/c1-9(30)16(29-17(32)12(21)2-10-5-23-7-25-10)19(34)27-13(3-11-6-24-8-26-11)18(33)28-14(20(35)36)4-15(22)31/h5-9,12-14,16,30H,2-4,21H2,1H3,(H2,22,31)(H,23,25)(H,24,26)(H,27,34)(H,28,33)(H,29,32)(H,35,36). The molecule has 0 aliphatic carbocycles. The van der Waals surface area contributed by atoms with Gasteiger partial charge in [-0.05, 0) is 6.92 Å². The van der Waals surface area contributed by atoms with Gasteiger partial charge in [-0.2, -0.15) is 0 Å². The van der Waals surface area contributed by atoms with Crippen LogP contribution in [0.25, 0.3) is 0 Å². The van der Waals surface area contributed by atoms with Gasteiger partial charge < -0.3 is 47.6 Å². The fraction of sp³-hybridized carbons (Fsp3) is 0.450. The highest BCUT2D eigenvalue weighted by atomic mass is 16.4. The van der Waals surface area contributed by atoms with Crippen molar-refractivity contribution in [2.45, 2.75) is 56.5 Å². The minimum absolute atomic E-state index is 0.0846. The molecule has 0 aliphatic heterocycles. The first-order chi connectivity index (χ1) is 17.0. The number of aromatic nitrogens is 4. The Morgan fingerprint density at radius 3 is 1.94 bits per heavy atom. The average Bonchev–Trinajstić information content (AvgIpc) is 3.49. The molecule has 0 saturated heterocycles. The summed E-state index contributed by atoms with van der Waals surface area (Å²) in [6.45, 7) is 1.25. The van der Waals surface area contributed by atoms with E-state index in [-0.39, 0.29) is 12.8 Å². The number of rotatable bonds is 14. The van der Waals surface area contributed by atoms with Gasteiger partial charge in [0.05, 0.1) is 31.2 Å². The minimum atomic E-state index is -1.64. The summed E-state index contributed by atoms with van der Waals surface area (Å²) in [6.07, 6.45) is 3.48. The molecule has 16 heteroatoms. The normalized spacial score (nSPS) is 15.1. The van der Waals surface area contributed by atoms with Crippen LogP contribution < -0.4 is 27.4 Å². The molecule has 2 rings (SSSR count). The fourth-order valence-electron chi connectivity index (χ4n) is 3.15. The van der Waals surface area contributed by atoms with E-state index in [4.69, 9.17) is 11.5 Å². The van der Waals surface area contributed by atoms with E-state index < -0.39 is 66.3 Å². The van der Waals surface area contributed by atoms with Crippen molar-refractivity contribution in [2.75, 3.05) is 0 Å². The second kappa shape index (κ2) is 13.0. The molecule has 0 radical (unpaired) electrons. The maximum absolute atomic E-state index is 13.0. The van der Waals surface area contributed by atoms with E-state index in [1.54, 1.807) is 0 Å². The number of carboxylic acids is 1. The van der Waals surface area contributed by atoms with Crippen LogP contribution in [0.3, 0.4) is 0 Å². The Morgan fingerprint density at radius 1 is 0.917 bits per heavy atom. The molecule has 0 aliphatic rings. The number of H-pyrrole nitrogens is 2. The van der Waals surface area contributed by atoms with Crippen molar-refractivity contribution in [3.8, 4) is 0 Å². The van der Waals surface area contributed by atoms with Gasteiger partial charge in [-0.25, -0.2) is 14.8 Å². The number of imidazole rings is 2. The predicted molar refractivity (Wildman–Crippen MR) is 121 cm³/mol. The number of nitrogens with zero attached hydrogens (tertiary/aromatic N) is 2. The maximum atomic E-state index is 13.0. The van der Waals surface area contributed by atoms with E-state index in [1.165, 1.54) is 32.0 Å². The van der Waals surface area contributed by atoms with Crippen LogP contribution in [0.5, 0.6) is 0 Å². The Balaban J connectivity index is 2.14. The number of hydrogen-bond donors (Lipinski definition) is 9. The lowest BCUT2D eigenvalue weighted by atomic mass is 10.1. The summed E-state index contributed by atoms with van der Waals surface area (Å²) in [7, 11) is 0. The molecule has 0 spiro atoms. The molecule has 2 heterocycles. The molecule has 16 nitrogen and oxygen atoms in total. The summed E-state index contributed by atoms with van der Waals surface area (Å²) in [5.41, 5.74) is 11.9. The van der Waals surface area contributed by atoms with Gasteiger partial charge in [-0.3, -0.25) is 19.2 Å². The van der Waals surface area contributed by atoms with Gasteiger partial charge in [0.15, 0.2) is 0 Å². The van der Waals surface area contributed by atoms with E-state index in [0.29, 0.717) is 11.4 Å². The molecule has 0 fully saturated rings. The first-order valence-corrected chi connectivity index (χ1v) is 10.8. The van der Waals surface area contributed by atoms with Gasteiger partial charge in [0.1, 0.15) is 18.1 Å². The second-order valence-corrected chi connectivity index (χ2v) is 8.03. The smallest absolute Gasteiger partial charge is 0.326 e. The highest BCUT2D eigenvalue weighted by molar-refractivity contribution is 5.95. The number of aromatic amines is 2. The lowest BCUT2D eigenvalue weighted by Crippen LogP contribution is -2.60. The summed E-state index contributed by atoms with van der Waals surface area (Å²) in [5.74, 6) is -5.09. The topological polar surface area (TPSA) is 271 Å². The van der Waals surface area contributed by atoms with Crippen molar-refractivity contribution in [3.05, 3.63) is 36.4 Å². The van der Waals surface area contributed by atoms with Crippen molar-refractivity contribution in [1.29, 1.82) is 0 Å². The summed E-state index contributed by atoms with van der Waals surface area (Å²) in [6, 6.07) is -5.58. The first kappa shape index (κ1) is 27.9. The average molecular weight is 508 g/mol. The van der Waals surface area contributed by atoms with Crippen LogP contribution >= 0.6 is 0 Å². The number of carboxylic acid groups (broad SMARTS) is 1. The van der Waals surface area contributed by atoms with Crippen LogP contribution in [0.15, 0.2) is 25.0 Å². The number of aliphatic hydroxyl groups is 1. The van der Waals surface area contributed by atoms with Gasteiger partial charge in [-0.15, -0.1) is 0 Å². The third kappa shape index (κ3) is 8.48. The summed E-state index contributed by atoms with van der Waals surface area (Å²) >= 11 is 0. The molecule has 0 saturated carbocycles. The van der Waals surface area contributed by atoms with Crippen LogP contribution in [0.2, 0.25) is 0 Å². The third-order valence-corrected chi connectivity index (χ3v) is 5.03. The Labute approximate surface area is 204 Å². The number of primary amides is 1. The molecule has 5 unspecified atom stereocenters. The molecule has 196 valence electrons. The van der Waals surface area contributed by atoms with E-state index in [9.17, 15) is 34.2 Å². The monoisotopic (exact) mass is 507 g/mol. The molecule has 5 atom stereocenters. The first-order valence-electron chi connectivity index (χ1n) is 10.8. The number of carbonyl (C=O) groups is 5. The largest absolute Gasteiger partial charge is 0.480 e. The predicted octanol–water partition coefficient (Wildman–Crippen LogP) is -3.96. The lowest BCUT2D eigenvalue weighted by Gasteiger charge is -2.26. The zero-order valence-electron chi connectivity index (χ0n) is 19.3. The molecule has 4 amide bonds. The van der Waals surface area contributed by atoms with E-state index in [0.717, 1.165) is 0 Å². The van der Waals surface area contributed by atoms with Crippen LogP contribution in [-0.2, 0) is 36.8 Å². The van der Waals surface area contributed by atoms with Crippen molar-refractivity contribution >= 4 is 29.6 Å². The number of nitrogens with one attached hydrogen (secondary N) is 5. The molecule has 36 heavy (non-hydrogen) atoms. The molecule has 2 aromatic heterocycles. The van der Waals surface area contributed by atoms with Gasteiger partial charge in [0.2, 0.25) is 23.6 Å². The summed E-state index contributed by atoms with van der Waals surface area (Å²) in [5, 5.41) is 26.3. The fourth-order valence-corrected chi connectivity index (χ4v) is 3.15. The number of aliphatic carboxylic acids is 1. The zero-order chi connectivity index (χ0) is 26.8. The highest BCUT2D eigenvalue weighted by Gasteiger charge is 2.33. The van der Waals surface area contributed by atoms with Gasteiger partial charge in [0, 0.05) is 36.6 Å². The number of aliphatic hydroxyl groups excluding tert-OH is 1. The minimum Gasteiger partial charge on any atom is -0.480 e. The molecule has 2 aromatic rings. The summed E-state index contributed by atoms with van der Waals surface area (Å²) in [4.78, 5) is 74.1. The van der Waals surface area contributed by atoms with Crippen molar-refractivity contribution in [1.82, 2.24) is 35.9 Å². The number of amides is 4. The van der Waals surface area contributed by atoms with Crippen molar-refractivity contribution < 1.29 is 34.2 Å². The van der Waals surface area contributed by atoms with E-state index >= 15 is 0 Å². The summed E-state index contributed by atoms with van der Waals surface area (Å²) < 4.78 is 0. The molecular formula is C20H29N9O7. The zero-order valence-corrected chi connectivity index (χ0v) is 19.3. The number of carbonyl (C=O) groups excluding carboxylic acids is 4. The lowest BCUT2D eigenvalue weighted by molar-refractivity contribution is -0.143. The van der Waals surface area contributed by atoms with Crippen LogP contribution in [-0.4, -0.2) is 90.0 Å². The third-order valence-electron chi connectivity index (χ3n) is 5.03. The van der Waals surface area contributed by atoms with Crippen LogP contribution in [0, 0.1) is 0 Å². The van der Waals surface area contributed by atoms with E-state index in [1.807, 2.05) is 0 Å². The second-order valence-electron chi connectivity index (χ2n) is 8.03. The number of nitrogens with two attached hydrogens (primary N) is 2. The van der Waals surface area contributed by atoms with E-state index in [2.05, 4.69) is 35.9 Å². The SMILES string of the molecule is CC(O)C(NC(=O)C(N)Cc1cnc[nH]1)C(=O)NC(Cc1cnc[nH]1)C(=O)NC(CC(N)=O)C(=O)O. The maximum Gasteiger partial charge on any atom is 0.326 e. The van der Waals surface area contributed by atoms with Gasteiger partial charge in [0.25, 0.3) is 0 Å².